The Balaban J connectivity index is 1.95. The zero-order valence-electron chi connectivity index (χ0n) is 14.1. The van der Waals surface area contributed by atoms with E-state index in [1.165, 1.54) is 11.0 Å². The smallest absolute Gasteiger partial charge is 0.261 e. The molecule has 0 radical (unpaired) electrons. The normalized spacial score (nSPS) is 15.0. The number of rotatable bonds is 5. The Morgan fingerprint density at radius 2 is 1.60 bits per heavy atom. The highest BCUT2D eigenvalue weighted by atomic mass is 79.9. The number of imide groups is 1. The van der Waals surface area contributed by atoms with Crippen LogP contribution >= 0.6 is 15.9 Å². The molecular weight excluding hydrogens is 384 g/mol. The van der Waals surface area contributed by atoms with E-state index in [1.807, 2.05) is 13.8 Å². The zero-order valence-corrected chi connectivity index (χ0v) is 15.7. The Hall–Kier alpha value is -2.21. The van der Waals surface area contributed by atoms with E-state index >= 15 is 0 Å². The van der Waals surface area contributed by atoms with Gasteiger partial charge in [0.15, 0.2) is 0 Å². The lowest BCUT2D eigenvalue weighted by atomic mass is 10.0. The van der Waals surface area contributed by atoms with E-state index in [0.29, 0.717) is 22.0 Å². The van der Waals surface area contributed by atoms with Crippen LogP contribution in [-0.4, -0.2) is 27.3 Å². The fourth-order valence-corrected chi connectivity index (χ4v) is 3.52. The summed E-state index contributed by atoms with van der Waals surface area (Å²) in [6.07, 6.45) is 2.31. The summed E-state index contributed by atoms with van der Waals surface area (Å²) in [5.41, 5.74) is 0.702. The number of amides is 2. The molecule has 0 N–H and O–H groups in total. The van der Waals surface area contributed by atoms with Crippen molar-refractivity contribution in [2.75, 3.05) is 0 Å². The van der Waals surface area contributed by atoms with Crippen molar-refractivity contribution >= 4 is 27.7 Å². The highest BCUT2D eigenvalue weighted by molar-refractivity contribution is 9.10. The van der Waals surface area contributed by atoms with Gasteiger partial charge in [0.1, 0.15) is 0 Å². The number of carbonyl (C=O) groups is 2. The van der Waals surface area contributed by atoms with Crippen molar-refractivity contribution in [1.82, 2.24) is 9.47 Å². The molecule has 5 nitrogen and oxygen atoms in total. The average Bonchev–Trinajstić information content (AvgIpc) is 2.81. The van der Waals surface area contributed by atoms with Crippen molar-refractivity contribution < 1.29 is 9.59 Å². The maximum atomic E-state index is 12.8. The Labute approximate surface area is 154 Å². The third-order valence-electron chi connectivity index (χ3n) is 4.30. The first-order valence-corrected chi connectivity index (χ1v) is 9.00. The van der Waals surface area contributed by atoms with Crippen LogP contribution in [0.3, 0.4) is 0 Å². The molecule has 25 heavy (non-hydrogen) atoms. The first kappa shape index (κ1) is 17.6. The second-order valence-electron chi connectivity index (χ2n) is 6.64. The van der Waals surface area contributed by atoms with Crippen LogP contribution in [0.4, 0.5) is 0 Å². The van der Waals surface area contributed by atoms with Crippen LogP contribution in [0, 0.1) is 5.92 Å². The molecule has 0 fully saturated rings. The quantitative estimate of drug-likeness (QED) is 0.720. The molecule has 0 bridgehead atoms. The molecule has 2 heterocycles. The highest BCUT2D eigenvalue weighted by Crippen LogP contribution is 2.27. The van der Waals surface area contributed by atoms with Crippen molar-refractivity contribution in [3.63, 3.8) is 0 Å². The third-order valence-corrected chi connectivity index (χ3v) is 4.79. The van der Waals surface area contributed by atoms with Crippen LogP contribution in [-0.2, 0) is 6.54 Å². The van der Waals surface area contributed by atoms with Crippen molar-refractivity contribution in [3.8, 4) is 0 Å². The summed E-state index contributed by atoms with van der Waals surface area (Å²) >= 11 is 3.28. The fourth-order valence-electron chi connectivity index (χ4n) is 3.21. The van der Waals surface area contributed by atoms with Crippen LogP contribution in [0.15, 0.2) is 51.9 Å². The van der Waals surface area contributed by atoms with Gasteiger partial charge < -0.3 is 4.57 Å². The molecule has 2 amide bonds. The molecule has 6 heteroatoms. The molecule has 1 aromatic heterocycles. The predicted octanol–water partition coefficient (Wildman–Crippen LogP) is 3.32. The van der Waals surface area contributed by atoms with E-state index in [4.69, 9.17) is 0 Å². The van der Waals surface area contributed by atoms with Gasteiger partial charge in [-0.25, -0.2) is 0 Å². The number of benzene rings is 1. The lowest BCUT2D eigenvalue weighted by molar-refractivity contribution is 0.0547. The molecule has 2 aromatic rings. The number of pyridine rings is 1. The molecule has 0 saturated heterocycles. The van der Waals surface area contributed by atoms with E-state index in [2.05, 4.69) is 15.9 Å². The van der Waals surface area contributed by atoms with Crippen LogP contribution in [0.25, 0.3) is 0 Å². The Morgan fingerprint density at radius 3 is 2.12 bits per heavy atom. The van der Waals surface area contributed by atoms with E-state index in [9.17, 15) is 14.4 Å². The van der Waals surface area contributed by atoms with E-state index in [1.54, 1.807) is 41.1 Å². The van der Waals surface area contributed by atoms with Gasteiger partial charge >= 0.3 is 0 Å². The Kier molecular flexibility index (Phi) is 4.90. The summed E-state index contributed by atoms with van der Waals surface area (Å²) in [6, 6.07) is 9.74. The molecule has 0 aliphatic carbocycles. The minimum atomic E-state index is -0.369. The summed E-state index contributed by atoms with van der Waals surface area (Å²) in [5.74, 6) is -0.284. The summed E-state index contributed by atoms with van der Waals surface area (Å²) in [5, 5.41) is 0. The van der Waals surface area contributed by atoms with Crippen LogP contribution in [0.2, 0.25) is 0 Å². The number of fused-ring (bicyclic) bond motifs is 1. The second-order valence-corrected chi connectivity index (χ2v) is 7.56. The number of hydrogen-bond donors (Lipinski definition) is 0. The third kappa shape index (κ3) is 3.44. The minimum Gasteiger partial charge on any atom is -0.313 e. The molecular formula is C19H19BrN2O3. The topological polar surface area (TPSA) is 59.4 Å². The van der Waals surface area contributed by atoms with Crippen LogP contribution in [0.5, 0.6) is 0 Å². The lowest BCUT2D eigenvalue weighted by Gasteiger charge is -2.28. The van der Waals surface area contributed by atoms with Gasteiger partial charge in [-0.1, -0.05) is 41.9 Å². The van der Waals surface area contributed by atoms with Crippen molar-refractivity contribution in [1.29, 1.82) is 0 Å². The second kappa shape index (κ2) is 6.96. The largest absolute Gasteiger partial charge is 0.313 e. The molecule has 0 spiro atoms. The monoisotopic (exact) mass is 402 g/mol. The van der Waals surface area contributed by atoms with Crippen molar-refractivity contribution in [2.24, 2.45) is 5.92 Å². The van der Waals surface area contributed by atoms with Gasteiger partial charge in [0, 0.05) is 23.3 Å². The Bertz CT molecular complexity index is 853. The molecule has 1 unspecified atom stereocenters. The van der Waals surface area contributed by atoms with E-state index < -0.39 is 0 Å². The van der Waals surface area contributed by atoms with E-state index in [0.717, 1.165) is 0 Å². The maximum Gasteiger partial charge on any atom is 0.261 e. The van der Waals surface area contributed by atoms with Crippen molar-refractivity contribution in [2.45, 2.75) is 32.9 Å². The lowest BCUT2D eigenvalue weighted by Crippen LogP contribution is -2.44. The number of nitrogens with zero attached hydrogens (tertiary/aromatic N) is 2. The maximum absolute atomic E-state index is 12.8. The van der Waals surface area contributed by atoms with Crippen LogP contribution in [0.1, 0.15) is 41.0 Å². The van der Waals surface area contributed by atoms with Gasteiger partial charge in [0.2, 0.25) is 0 Å². The predicted molar refractivity (Wildman–Crippen MR) is 98.6 cm³/mol. The number of hydrogen-bond acceptors (Lipinski definition) is 3. The zero-order chi connectivity index (χ0) is 18.1. The number of aromatic nitrogens is 1. The fraction of sp³-hybridized carbons (Fsp3) is 0.316. The minimum absolute atomic E-state index is 0.167. The molecule has 3 rings (SSSR count). The molecule has 1 aliphatic heterocycles. The summed E-state index contributed by atoms with van der Waals surface area (Å²) in [7, 11) is 0. The van der Waals surface area contributed by atoms with E-state index in [-0.39, 0.29) is 35.9 Å². The molecule has 1 aromatic carbocycles. The van der Waals surface area contributed by atoms with Gasteiger partial charge in [0.05, 0.1) is 17.2 Å². The molecule has 0 saturated carbocycles. The van der Waals surface area contributed by atoms with Crippen molar-refractivity contribution in [3.05, 3.63) is 68.5 Å². The van der Waals surface area contributed by atoms with Crippen LogP contribution < -0.4 is 5.56 Å². The van der Waals surface area contributed by atoms with Gasteiger partial charge in [-0.3, -0.25) is 19.3 Å². The standard InChI is InChI=1S/C19H19BrN2O3/c1-12(2)9-14(11-21-8-7-13(20)10-17(21)23)22-18(24)15-5-3-4-6-16(15)19(22)25/h3-8,10,12,14H,9,11H2,1-2H3. The molecule has 130 valence electrons. The SMILES string of the molecule is CC(C)CC(Cn1ccc(Br)cc1=O)N1C(=O)c2ccccc2C1=O. The Morgan fingerprint density at radius 1 is 1.00 bits per heavy atom. The molecule has 1 atom stereocenters. The van der Waals surface area contributed by atoms with Gasteiger partial charge in [-0.05, 0) is 30.5 Å². The van der Waals surface area contributed by atoms with Gasteiger partial charge in [-0.15, -0.1) is 0 Å². The van der Waals surface area contributed by atoms with Gasteiger partial charge in [0.25, 0.3) is 17.4 Å². The molecule has 1 aliphatic rings. The average molecular weight is 403 g/mol. The first-order chi connectivity index (χ1) is 11.9. The van der Waals surface area contributed by atoms with Gasteiger partial charge in [-0.2, -0.15) is 0 Å². The number of halogens is 1. The first-order valence-electron chi connectivity index (χ1n) is 8.21. The summed E-state index contributed by atoms with van der Waals surface area (Å²) in [4.78, 5) is 39.1. The highest BCUT2D eigenvalue weighted by Gasteiger charge is 2.39. The summed E-state index contributed by atoms with van der Waals surface area (Å²) < 4.78 is 2.25. The summed E-state index contributed by atoms with van der Waals surface area (Å²) in [6.45, 7) is 4.36. The number of carbonyl (C=O) groups excluding carboxylic acids is 2.